The standard InChI is InChI=1S/C21H16F5N7O3/c22-20(23)10-32(9-11(20)5-12-1-2-13(7-28-12)36-21(24,25)26)16-6-15(31-33-4-3-27-17(16)33)14-8-29-19(35)30-18(14)34/h1-4,6-8,11H,5,9-10H2,(H2,29,30,34,35)/t11-/m0/s1. The molecule has 0 aliphatic carbocycles. The highest BCUT2D eigenvalue weighted by Crippen LogP contribution is 2.39. The van der Waals surface area contributed by atoms with E-state index in [-0.39, 0.29) is 35.6 Å². The maximum absolute atomic E-state index is 15.0. The molecule has 4 aromatic heterocycles. The first kappa shape index (κ1) is 23.4. The van der Waals surface area contributed by atoms with Gasteiger partial charge >= 0.3 is 12.1 Å². The van der Waals surface area contributed by atoms with Crippen LogP contribution in [0.5, 0.6) is 5.75 Å². The van der Waals surface area contributed by atoms with E-state index in [1.165, 1.54) is 40.1 Å². The van der Waals surface area contributed by atoms with Crippen LogP contribution in [0.2, 0.25) is 0 Å². The average molecular weight is 509 g/mol. The Bertz CT molecular complexity index is 1530. The SMILES string of the molecule is O=c1[nH]cc(-c2cc(N3C[C@H](Cc4ccc(OC(F)(F)F)cn4)C(F)(F)C3)c3nccn3n2)c(=O)[nH]1. The Hall–Kier alpha value is -4.30. The summed E-state index contributed by atoms with van der Waals surface area (Å²) in [5.74, 6) is -4.91. The summed E-state index contributed by atoms with van der Waals surface area (Å²) in [7, 11) is 0. The van der Waals surface area contributed by atoms with Gasteiger partial charge in [0.2, 0.25) is 0 Å². The van der Waals surface area contributed by atoms with E-state index in [9.17, 15) is 22.8 Å². The van der Waals surface area contributed by atoms with Crippen LogP contribution in [-0.4, -0.2) is 54.9 Å². The van der Waals surface area contributed by atoms with Crippen LogP contribution in [0, 0.1) is 5.92 Å². The molecule has 1 saturated heterocycles. The molecule has 36 heavy (non-hydrogen) atoms. The Labute approximate surface area is 197 Å². The number of fused-ring (bicyclic) bond motifs is 1. The second kappa shape index (κ2) is 8.42. The van der Waals surface area contributed by atoms with Crippen molar-refractivity contribution in [2.45, 2.75) is 18.7 Å². The second-order valence-corrected chi connectivity index (χ2v) is 8.17. The van der Waals surface area contributed by atoms with Gasteiger partial charge in [-0.05, 0) is 24.6 Å². The Morgan fingerprint density at radius 1 is 1.19 bits per heavy atom. The fourth-order valence-electron chi connectivity index (χ4n) is 4.09. The number of halogens is 5. The predicted molar refractivity (Wildman–Crippen MR) is 115 cm³/mol. The molecule has 5 heterocycles. The highest BCUT2D eigenvalue weighted by atomic mass is 19.4. The Balaban J connectivity index is 1.43. The molecule has 5 rings (SSSR count). The van der Waals surface area contributed by atoms with Crippen molar-refractivity contribution in [1.29, 1.82) is 0 Å². The molecule has 0 radical (unpaired) electrons. The molecule has 1 fully saturated rings. The monoisotopic (exact) mass is 509 g/mol. The van der Waals surface area contributed by atoms with Gasteiger partial charge in [0.05, 0.1) is 24.0 Å². The number of aromatic amines is 2. The topological polar surface area (TPSA) is 121 Å². The van der Waals surface area contributed by atoms with E-state index in [1.807, 2.05) is 0 Å². The molecule has 188 valence electrons. The fourth-order valence-corrected chi connectivity index (χ4v) is 4.09. The van der Waals surface area contributed by atoms with E-state index < -0.39 is 41.7 Å². The van der Waals surface area contributed by atoms with Crippen LogP contribution >= 0.6 is 0 Å². The summed E-state index contributed by atoms with van der Waals surface area (Å²) in [4.78, 5) is 37.5. The minimum absolute atomic E-state index is 0.0272. The normalized spacial score (nSPS) is 17.6. The Morgan fingerprint density at radius 2 is 2.00 bits per heavy atom. The molecule has 0 spiro atoms. The quantitative estimate of drug-likeness (QED) is 0.397. The van der Waals surface area contributed by atoms with Gasteiger partial charge in [-0.2, -0.15) is 5.10 Å². The van der Waals surface area contributed by atoms with E-state index in [0.717, 1.165) is 12.3 Å². The lowest BCUT2D eigenvalue weighted by molar-refractivity contribution is -0.274. The number of hydrogen-bond donors (Lipinski definition) is 2. The third kappa shape index (κ3) is 4.63. The zero-order valence-electron chi connectivity index (χ0n) is 18.1. The van der Waals surface area contributed by atoms with E-state index in [4.69, 9.17) is 0 Å². The highest BCUT2D eigenvalue weighted by Gasteiger charge is 2.48. The maximum atomic E-state index is 15.0. The first-order valence-corrected chi connectivity index (χ1v) is 10.5. The lowest BCUT2D eigenvalue weighted by Crippen LogP contribution is -2.29. The van der Waals surface area contributed by atoms with Crippen molar-refractivity contribution in [3.63, 3.8) is 0 Å². The number of pyridine rings is 1. The molecule has 0 aromatic carbocycles. The molecule has 0 saturated carbocycles. The number of rotatable bonds is 5. The summed E-state index contributed by atoms with van der Waals surface area (Å²) in [6.45, 7) is -0.787. The molecule has 0 bridgehead atoms. The number of hydrogen-bond acceptors (Lipinski definition) is 7. The van der Waals surface area contributed by atoms with Gasteiger partial charge in [0.25, 0.3) is 11.5 Å². The molecule has 1 atom stereocenters. The van der Waals surface area contributed by atoms with E-state index in [0.29, 0.717) is 5.69 Å². The average Bonchev–Trinajstić information content (AvgIpc) is 3.37. The number of imidazole rings is 1. The molecule has 4 aromatic rings. The molecule has 15 heteroatoms. The van der Waals surface area contributed by atoms with Crippen molar-refractivity contribution in [3.05, 3.63) is 69.5 Å². The minimum Gasteiger partial charge on any atom is -0.404 e. The molecule has 0 amide bonds. The van der Waals surface area contributed by atoms with Crippen LogP contribution in [0.1, 0.15) is 5.69 Å². The largest absolute Gasteiger partial charge is 0.573 e. The van der Waals surface area contributed by atoms with Gasteiger partial charge in [-0.3, -0.25) is 14.8 Å². The summed E-state index contributed by atoms with van der Waals surface area (Å²) in [5, 5.41) is 4.28. The summed E-state index contributed by atoms with van der Waals surface area (Å²) in [6, 6.07) is 3.66. The van der Waals surface area contributed by atoms with E-state index >= 15 is 8.78 Å². The van der Waals surface area contributed by atoms with Crippen LogP contribution in [0.15, 0.2) is 52.6 Å². The number of anilines is 1. The second-order valence-electron chi connectivity index (χ2n) is 8.17. The maximum Gasteiger partial charge on any atom is 0.573 e. The van der Waals surface area contributed by atoms with E-state index in [2.05, 4.69) is 29.8 Å². The van der Waals surface area contributed by atoms with Crippen molar-refractivity contribution < 1.29 is 26.7 Å². The summed E-state index contributed by atoms with van der Waals surface area (Å²) in [5.41, 5.74) is -0.507. The van der Waals surface area contributed by atoms with Crippen LogP contribution in [0.3, 0.4) is 0 Å². The lowest BCUT2D eigenvalue weighted by atomic mass is 9.99. The molecular formula is C21H16F5N7O3. The van der Waals surface area contributed by atoms with Crippen LogP contribution in [0.25, 0.3) is 16.9 Å². The van der Waals surface area contributed by atoms with Gasteiger partial charge in [0.1, 0.15) is 11.4 Å². The zero-order chi connectivity index (χ0) is 25.7. The van der Waals surface area contributed by atoms with Gasteiger partial charge in [0, 0.05) is 36.7 Å². The fraction of sp³-hybridized carbons (Fsp3) is 0.286. The minimum atomic E-state index is -4.89. The van der Waals surface area contributed by atoms with Crippen molar-refractivity contribution in [2.24, 2.45) is 5.92 Å². The lowest BCUT2D eigenvalue weighted by Gasteiger charge is -2.19. The van der Waals surface area contributed by atoms with Crippen molar-refractivity contribution in [1.82, 2.24) is 29.5 Å². The first-order chi connectivity index (χ1) is 17.0. The number of nitrogens with one attached hydrogen (secondary N) is 2. The van der Waals surface area contributed by atoms with Gasteiger partial charge in [0.15, 0.2) is 5.65 Å². The smallest absolute Gasteiger partial charge is 0.404 e. The number of H-pyrrole nitrogens is 2. The molecule has 1 aliphatic rings. The van der Waals surface area contributed by atoms with Crippen molar-refractivity contribution >= 4 is 11.3 Å². The highest BCUT2D eigenvalue weighted by molar-refractivity contribution is 5.74. The van der Waals surface area contributed by atoms with Gasteiger partial charge in [-0.25, -0.2) is 23.1 Å². The number of aromatic nitrogens is 6. The summed E-state index contributed by atoms with van der Waals surface area (Å²) in [6.07, 6.45) is -0.162. The van der Waals surface area contributed by atoms with Gasteiger partial charge in [-0.15, -0.1) is 13.2 Å². The van der Waals surface area contributed by atoms with Crippen LogP contribution in [0.4, 0.5) is 27.6 Å². The third-order valence-electron chi connectivity index (χ3n) is 5.70. The Kier molecular flexibility index (Phi) is 5.49. The zero-order valence-corrected chi connectivity index (χ0v) is 18.1. The van der Waals surface area contributed by atoms with Crippen LogP contribution < -0.4 is 20.9 Å². The van der Waals surface area contributed by atoms with Crippen molar-refractivity contribution in [2.75, 3.05) is 18.0 Å². The number of nitrogens with zero attached hydrogens (tertiary/aromatic N) is 5. The third-order valence-corrected chi connectivity index (χ3v) is 5.70. The van der Waals surface area contributed by atoms with Gasteiger partial charge in [-0.1, -0.05) is 0 Å². The molecule has 1 aliphatic heterocycles. The molecule has 2 N–H and O–H groups in total. The molecule has 0 unspecified atom stereocenters. The predicted octanol–water partition coefficient (Wildman–Crippen LogP) is 2.38. The van der Waals surface area contributed by atoms with Crippen LogP contribution in [-0.2, 0) is 6.42 Å². The summed E-state index contributed by atoms with van der Waals surface area (Å²) < 4.78 is 72.1. The van der Waals surface area contributed by atoms with E-state index in [1.54, 1.807) is 0 Å². The van der Waals surface area contributed by atoms with Crippen molar-refractivity contribution in [3.8, 4) is 17.0 Å². The number of ether oxygens (including phenoxy) is 1. The Morgan fingerprint density at radius 3 is 2.69 bits per heavy atom. The molecular weight excluding hydrogens is 493 g/mol. The first-order valence-electron chi connectivity index (χ1n) is 10.5. The summed E-state index contributed by atoms with van der Waals surface area (Å²) >= 11 is 0. The number of alkyl halides is 5. The molecule has 10 nitrogen and oxygen atoms in total. The van der Waals surface area contributed by atoms with Gasteiger partial charge < -0.3 is 14.6 Å².